The third kappa shape index (κ3) is 3.43. The Morgan fingerprint density at radius 1 is 1.21 bits per heavy atom. The van der Waals surface area contributed by atoms with Gasteiger partial charge in [0.05, 0.1) is 23.2 Å². The van der Waals surface area contributed by atoms with E-state index >= 15 is 0 Å². The number of imidazole rings is 1. The SMILES string of the molecule is CC.CCNc1nc2c(N)nc3ccccc3c2n1CC(C)(C)O. The molecular formula is C18H27N5O. The summed E-state index contributed by atoms with van der Waals surface area (Å²) in [5.74, 6) is 1.10. The first-order chi connectivity index (χ1) is 11.4. The Hall–Kier alpha value is -2.34. The molecule has 6 heteroatoms. The van der Waals surface area contributed by atoms with Crippen LogP contribution in [0.3, 0.4) is 0 Å². The second-order valence-corrected chi connectivity index (χ2v) is 6.08. The fraction of sp³-hybridized carbons (Fsp3) is 0.444. The molecule has 0 atom stereocenters. The maximum Gasteiger partial charge on any atom is 0.204 e. The maximum atomic E-state index is 10.3. The number of anilines is 2. The second-order valence-electron chi connectivity index (χ2n) is 6.08. The molecule has 0 saturated heterocycles. The molecule has 1 aromatic carbocycles. The van der Waals surface area contributed by atoms with Gasteiger partial charge in [-0.2, -0.15) is 0 Å². The molecule has 0 fully saturated rings. The van der Waals surface area contributed by atoms with Crippen LogP contribution in [-0.4, -0.2) is 31.8 Å². The molecule has 0 radical (unpaired) electrons. The fourth-order valence-electron chi connectivity index (χ4n) is 2.69. The van der Waals surface area contributed by atoms with Crippen LogP contribution in [0.1, 0.15) is 34.6 Å². The van der Waals surface area contributed by atoms with E-state index in [1.165, 1.54) is 0 Å². The summed E-state index contributed by atoms with van der Waals surface area (Å²) in [7, 11) is 0. The molecule has 0 amide bonds. The van der Waals surface area contributed by atoms with E-state index in [0.717, 1.165) is 23.0 Å². The van der Waals surface area contributed by atoms with Gasteiger partial charge < -0.3 is 20.7 Å². The Labute approximate surface area is 142 Å². The van der Waals surface area contributed by atoms with Gasteiger partial charge in [-0.15, -0.1) is 0 Å². The van der Waals surface area contributed by atoms with E-state index in [1.54, 1.807) is 13.8 Å². The van der Waals surface area contributed by atoms with Crippen molar-refractivity contribution in [2.24, 2.45) is 0 Å². The highest BCUT2D eigenvalue weighted by atomic mass is 16.3. The van der Waals surface area contributed by atoms with Crippen molar-refractivity contribution in [3.05, 3.63) is 24.3 Å². The summed E-state index contributed by atoms with van der Waals surface area (Å²) in [4.78, 5) is 9.02. The molecule has 0 aliphatic carbocycles. The number of nitrogens with one attached hydrogen (secondary N) is 1. The molecule has 4 N–H and O–H groups in total. The Bertz CT molecular complexity index is 833. The first-order valence-electron chi connectivity index (χ1n) is 8.41. The number of pyridine rings is 1. The van der Waals surface area contributed by atoms with Crippen LogP contribution in [-0.2, 0) is 6.54 Å². The van der Waals surface area contributed by atoms with Crippen LogP contribution in [0.5, 0.6) is 0 Å². The van der Waals surface area contributed by atoms with E-state index in [1.807, 2.05) is 49.6 Å². The van der Waals surface area contributed by atoms with E-state index in [2.05, 4.69) is 15.3 Å². The van der Waals surface area contributed by atoms with Crippen molar-refractivity contribution in [2.75, 3.05) is 17.6 Å². The zero-order chi connectivity index (χ0) is 17.9. The van der Waals surface area contributed by atoms with E-state index in [9.17, 15) is 5.11 Å². The molecule has 3 aromatic rings. The number of nitrogens with two attached hydrogens (primary N) is 1. The summed E-state index contributed by atoms with van der Waals surface area (Å²) < 4.78 is 1.99. The summed E-state index contributed by atoms with van der Waals surface area (Å²) in [5, 5.41) is 14.5. The number of fused-ring (bicyclic) bond motifs is 3. The number of nitrogen functional groups attached to an aromatic ring is 1. The normalized spacial score (nSPS) is 11.4. The molecule has 2 heterocycles. The van der Waals surface area contributed by atoms with Crippen LogP contribution in [0.25, 0.3) is 21.9 Å². The minimum absolute atomic E-state index is 0.405. The van der Waals surface area contributed by atoms with E-state index in [0.29, 0.717) is 23.8 Å². The zero-order valence-electron chi connectivity index (χ0n) is 15.1. The van der Waals surface area contributed by atoms with Gasteiger partial charge in [0.2, 0.25) is 5.95 Å². The topological polar surface area (TPSA) is 89.0 Å². The highest BCUT2D eigenvalue weighted by Gasteiger charge is 2.22. The number of nitrogens with zero attached hydrogens (tertiary/aromatic N) is 3. The Morgan fingerprint density at radius 3 is 2.50 bits per heavy atom. The molecule has 2 aromatic heterocycles. The largest absolute Gasteiger partial charge is 0.389 e. The van der Waals surface area contributed by atoms with Crippen LogP contribution in [0, 0.1) is 0 Å². The predicted molar refractivity (Wildman–Crippen MR) is 101 cm³/mol. The van der Waals surface area contributed by atoms with Crippen LogP contribution in [0.4, 0.5) is 11.8 Å². The molecule has 3 rings (SSSR count). The molecule has 0 bridgehead atoms. The highest BCUT2D eigenvalue weighted by Crippen LogP contribution is 2.31. The molecular weight excluding hydrogens is 302 g/mol. The van der Waals surface area contributed by atoms with Gasteiger partial charge in [0, 0.05) is 11.9 Å². The quantitative estimate of drug-likeness (QED) is 0.682. The van der Waals surface area contributed by atoms with Crippen molar-refractivity contribution < 1.29 is 5.11 Å². The molecule has 24 heavy (non-hydrogen) atoms. The third-order valence-corrected chi connectivity index (χ3v) is 3.49. The van der Waals surface area contributed by atoms with Crippen LogP contribution in [0.15, 0.2) is 24.3 Å². The van der Waals surface area contributed by atoms with Gasteiger partial charge in [-0.05, 0) is 26.8 Å². The van der Waals surface area contributed by atoms with Crippen LogP contribution in [0.2, 0.25) is 0 Å². The first kappa shape index (κ1) is 18.0. The smallest absolute Gasteiger partial charge is 0.204 e. The monoisotopic (exact) mass is 329 g/mol. The van der Waals surface area contributed by atoms with E-state index < -0.39 is 5.60 Å². The van der Waals surface area contributed by atoms with Gasteiger partial charge in [0.1, 0.15) is 5.52 Å². The molecule has 0 spiro atoms. The van der Waals surface area contributed by atoms with E-state index in [-0.39, 0.29) is 0 Å². The Morgan fingerprint density at radius 2 is 1.88 bits per heavy atom. The molecule has 0 aliphatic rings. The number of hydrogen-bond donors (Lipinski definition) is 3. The highest BCUT2D eigenvalue weighted by molar-refractivity contribution is 6.07. The average Bonchev–Trinajstić information content (AvgIpc) is 2.88. The minimum Gasteiger partial charge on any atom is -0.389 e. The molecule has 0 unspecified atom stereocenters. The number of rotatable bonds is 4. The van der Waals surface area contributed by atoms with Gasteiger partial charge in [0.15, 0.2) is 5.82 Å². The third-order valence-electron chi connectivity index (χ3n) is 3.49. The van der Waals surface area contributed by atoms with E-state index in [4.69, 9.17) is 5.73 Å². The molecule has 0 aliphatic heterocycles. The van der Waals surface area contributed by atoms with Gasteiger partial charge >= 0.3 is 0 Å². The van der Waals surface area contributed by atoms with Crippen molar-refractivity contribution in [2.45, 2.75) is 46.8 Å². The number of benzene rings is 1. The van der Waals surface area contributed by atoms with Crippen LogP contribution >= 0.6 is 0 Å². The number of aromatic nitrogens is 3. The lowest BCUT2D eigenvalue weighted by atomic mass is 10.1. The maximum absolute atomic E-state index is 10.3. The lowest BCUT2D eigenvalue weighted by molar-refractivity contribution is 0.0633. The Kier molecular flexibility index (Phi) is 5.29. The second kappa shape index (κ2) is 7.05. The van der Waals surface area contributed by atoms with Gasteiger partial charge in [0.25, 0.3) is 0 Å². The lowest BCUT2D eigenvalue weighted by Gasteiger charge is -2.20. The summed E-state index contributed by atoms with van der Waals surface area (Å²) in [5.41, 5.74) is 7.62. The zero-order valence-corrected chi connectivity index (χ0v) is 15.1. The summed E-state index contributed by atoms with van der Waals surface area (Å²) >= 11 is 0. The number of aliphatic hydroxyl groups is 1. The van der Waals surface area contributed by atoms with Gasteiger partial charge in [-0.25, -0.2) is 9.97 Å². The van der Waals surface area contributed by atoms with Crippen molar-refractivity contribution in [1.29, 1.82) is 0 Å². The summed E-state index contributed by atoms with van der Waals surface area (Å²) in [6.07, 6.45) is 0. The Balaban J connectivity index is 0.00000100. The molecule has 130 valence electrons. The van der Waals surface area contributed by atoms with Crippen molar-refractivity contribution in [3.63, 3.8) is 0 Å². The average molecular weight is 329 g/mol. The lowest BCUT2D eigenvalue weighted by Crippen LogP contribution is -2.27. The summed E-state index contributed by atoms with van der Waals surface area (Å²) in [6, 6.07) is 7.83. The minimum atomic E-state index is -0.864. The van der Waals surface area contributed by atoms with Gasteiger partial charge in [-0.3, -0.25) is 0 Å². The molecule has 0 saturated carbocycles. The molecule has 6 nitrogen and oxygen atoms in total. The van der Waals surface area contributed by atoms with Crippen molar-refractivity contribution in [1.82, 2.24) is 14.5 Å². The fourth-order valence-corrected chi connectivity index (χ4v) is 2.69. The predicted octanol–water partition coefficient (Wildman–Crippen LogP) is 3.40. The first-order valence-corrected chi connectivity index (χ1v) is 8.41. The van der Waals surface area contributed by atoms with Crippen molar-refractivity contribution in [3.8, 4) is 0 Å². The van der Waals surface area contributed by atoms with Crippen LogP contribution < -0.4 is 11.1 Å². The van der Waals surface area contributed by atoms with Crippen molar-refractivity contribution >= 4 is 33.7 Å². The number of para-hydroxylation sites is 1. The van der Waals surface area contributed by atoms with Gasteiger partial charge in [-0.1, -0.05) is 32.0 Å². The number of hydrogen-bond acceptors (Lipinski definition) is 5. The summed E-state index contributed by atoms with van der Waals surface area (Å²) in [6.45, 7) is 10.7. The standard InChI is InChI=1S/C16H21N5O.C2H6/c1-4-18-15-20-12-13(21(15)9-16(2,3)22)10-7-5-6-8-11(10)19-14(12)17;1-2/h5-8,22H,4,9H2,1-3H3,(H2,17,19)(H,18,20);1-2H3.